The molecule has 0 bridgehead atoms. The molecule has 1 atom stereocenters. The molecule has 0 saturated carbocycles. The van der Waals surface area contributed by atoms with Crippen LogP contribution in [0.3, 0.4) is 0 Å². The average Bonchev–Trinajstić information content (AvgIpc) is 3.39. The van der Waals surface area contributed by atoms with E-state index in [2.05, 4.69) is 25.9 Å². The molecule has 1 amide bonds. The highest BCUT2D eigenvalue weighted by Crippen LogP contribution is 2.40. The van der Waals surface area contributed by atoms with Gasteiger partial charge in [0.1, 0.15) is 23.7 Å². The van der Waals surface area contributed by atoms with Crippen molar-refractivity contribution in [1.82, 2.24) is 19.3 Å². The number of ether oxygens (including phenoxy) is 1. The zero-order valence-electron chi connectivity index (χ0n) is 16.5. The fourth-order valence-corrected chi connectivity index (χ4v) is 4.38. The molecule has 164 valence electrons. The number of hydrogen-bond acceptors (Lipinski definition) is 5. The molecule has 3 heterocycles. The number of benzene rings is 2. The first-order valence-corrected chi connectivity index (χ1v) is 10.3. The van der Waals surface area contributed by atoms with Crippen molar-refractivity contribution in [3.8, 4) is 5.75 Å². The number of alkyl halides is 3. The summed E-state index contributed by atoms with van der Waals surface area (Å²) in [6, 6.07) is 6.17. The summed E-state index contributed by atoms with van der Waals surface area (Å²) in [6.07, 6.45) is -1.30. The number of fused-ring (bicyclic) bond motifs is 4. The third-order valence-electron chi connectivity index (χ3n) is 5.58. The monoisotopic (exact) mass is 505 g/mol. The molecular weight excluding hydrogens is 491 g/mol. The van der Waals surface area contributed by atoms with E-state index < -0.39 is 17.8 Å². The normalized spacial score (nSPS) is 15.7. The number of halogens is 4. The second-order valence-corrected chi connectivity index (χ2v) is 8.31. The lowest BCUT2D eigenvalue weighted by Crippen LogP contribution is -2.32. The van der Waals surface area contributed by atoms with Gasteiger partial charge in [0.2, 0.25) is 0 Å². The second kappa shape index (κ2) is 7.09. The number of carbonyl (C=O) groups is 1. The van der Waals surface area contributed by atoms with Gasteiger partial charge in [-0.15, -0.1) is 0 Å². The van der Waals surface area contributed by atoms with Crippen molar-refractivity contribution in [3.63, 3.8) is 0 Å². The lowest BCUT2D eigenvalue weighted by atomic mass is 10.0. The van der Waals surface area contributed by atoms with E-state index in [1.807, 2.05) is 0 Å². The van der Waals surface area contributed by atoms with E-state index in [0.717, 1.165) is 12.1 Å². The predicted octanol–water partition coefficient (Wildman–Crippen LogP) is 4.45. The van der Waals surface area contributed by atoms with Gasteiger partial charge in [-0.3, -0.25) is 9.20 Å². The van der Waals surface area contributed by atoms with E-state index in [9.17, 15) is 18.0 Å². The molecule has 1 aliphatic heterocycles. The van der Waals surface area contributed by atoms with Crippen molar-refractivity contribution in [2.45, 2.75) is 12.2 Å². The van der Waals surface area contributed by atoms with E-state index in [0.29, 0.717) is 38.0 Å². The molecule has 11 heteroatoms. The number of likely N-dealkylation sites (N-methyl/N-ethyl adjacent to an activating group) is 1. The van der Waals surface area contributed by atoms with E-state index in [1.165, 1.54) is 11.0 Å². The van der Waals surface area contributed by atoms with Crippen molar-refractivity contribution >= 4 is 44.2 Å². The molecule has 2 N–H and O–H groups in total. The highest BCUT2D eigenvalue weighted by atomic mass is 79.9. The maximum Gasteiger partial charge on any atom is 0.416 e. The Kier molecular flexibility index (Phi) is 4.55. The van der Waals surface area contributed by atoms with Crippen LogP contribution in [0.1, 0.15) is 27.5 Å². The SMILES string of the molecule is CN(C(=O)c1cc2c(cc1Br)nc(N)c1cncn12)[C@@H]1COc2cc(C(F)(F)F)ccc21. The molecule has 2 aromatic heterocycles. The Morgan fingerprint density at radius 2 is 2.06 bits per heavy atom. The largest absolute Gasteiger partial charge is 0.491 e. The summed E-state index contributed by atoms with van der Waals surface area (Å²) < 4.78 is 46.7. The Balaban J connectivity index is 1.53. The Morgan fingerprint density at radius 3 is 2.81 bits per heavy atom. The van der Waals surface area contributed by atoms with Gasteiger partial charge in [-0.25, -0.2) is 9.97 Å². The van der Waals surface area contributed by atoms with Gasteiger partial charge in [0, 0.05) is 17.1 Å². The van der Waals surface area contributed by atoms with Gasteiger partial charge in [-0.1, -0.05) is 6.07 Å². The maximum absolute atomic E-state index is 13.4. The zero-order chi connectivity index (χ0) is 22.8. The average molecular weight is 506 g/mol. The van der Waals surface area contributed by atoms with Crippen LogP contribution in [-0.2, 0) is 6.18 Å². The van der Waals surface area contributed by atoms with Gasteiger partial charge < -0.3 is 15.4 Å². The van der Waals surface area contributed by atoms with E-state index in [-0.39, 0.29) is 18.3 Å². The first-order chi connectivity index (χ1) is 15.1. The topological polar surface area (TPSA) is 85.8 Å². The third-order valence-corrected chi connectivity index (χ3v) is 6.24. The molecule has 1 aliphatic rings. The summed E-state index contributed by atoms with van der Waals surface area (Å²) in [6.45, 7) is 0.0634. The summed E-state index contributed by atoms with van der Waals surface area (Å²) in [5.74, 6) is 0.114. The third kappa shape index (κ3) is 3.15. The number of nitrogens with two attached hydrogens (primary N) is 1. The number of nitrogen functional groups attached to an aromatic ring is 1. The highest BCUT2D eigenvalue weighted by Gasteiger charge is 2.36. The molecule has 0 saturated heterocycles. The van der Waals surface area contributed by atoms with Gasteiger partial charge >= 0.3 is 6.18 Å². The lowest BCUT2D eigenvalue weighted by Gasteiger charge is -2.24. The number of hydrogen-bond donors (Lipinski definition) is 1. The predicted molar refractivity (Wildman–Crippen MR) is 114 cm³/mol. The maximum atomic E-state index is 13.4. The first-order valence-electron chi connectivity index (χ1n) is 9.47. The number of aromatic nitrogens is 3. The minimum Gasteiger partial charge on any atom is -0.491 e. The number of imidazole rings is 1. The summed E-state index contributed by atoms with van der Waals surface area (Å²) in [5.41, 5.74) is 7.91. The Morgan fingerprint density at radius 1 is 1.28 bits per heavy atom. The van der Waals surface area contributed by atoms with Crippen molar-refractivity contribution in [2.75, 3.05) is 19.4 Å². The van der Waals surface area contributed by atoms with Crippen molar-refractivity contribution < 1.29 is 22.7 Å². The van der Waals surface area contributed by atoms with Crippen LogP contribution in [0.5, 0.6) is 5.75 Å². The summed E-state index contributed by atoms with van der Waals surface area (Å²) in [4.78, 5) is 23.3. The molecular formula is C21H15BrF3N5O2. The van der Waals surface area contributed by atoms with Gasteiger partial charge in [0.05, 0.1) is 40.7 Å². The summed E-state index contributed by atoms with van der Waals surface area (Å²) in [7, 11) is 1.59. The van der Waals surface area contributed by atoms with Crippen LogP contribution in [0.25, 0.3) is 16.6 Å². The molecule has 5 rings (SSSR count). The number of amides is 1. The summed E-state index contributed by atoms with van der Waals surface area (Å²) in [5, 5.41) is 0. The standard InChI is InChI=1S/C21H15BrF3N5O2/c1-29(17-8-32-18-4-10(21(23,24)25)2-3-11(17)18)20(31)12-5-15-14(6-13(12)22)28-19(26)16-7-27-9-30(15)16/h2-7,9,17H,8H2,1H3,(H2,26,28)/t17-/m1/s1. The van der Waals surface area contributed by atoms with Crippen molar-refractivity contribution in [3.05, 3.63) is 64.0 Å². The van der Waals surface area contributed by atoms with Gasteiger partial charge in [0.15, 0.2) is 0 Å². The van der Waals surface area contributed by atoms with Gasteiger partial charge in [-0.2, -0.15) is 13.2 Å². The molecule has 0 spiro atoms. The fraction of sp³-hybridized carbons (Fsp3) is 0.190. The molecule has 2 aromatic carbocycles. The van der Waals surface area contributed by atoms with E-state index in [1.54, 1.807) is 36.1 Å². The van der Waals surface area contributed by atoms with Crippen molar-refractivity contribution in [1.29, 1.82) is 0 Å². The Bertz CT molecular complexity index is 1400. The Hall–Kier alpha value is -3.34. The minimum absolute atomic E-state index is 0.0634. The lowest BCUT2D eigenvalue weighted by molar-refractivity contribution is -0.137. The van der Waals surface area contributed by atoms with Crippen LogP contribution in [-0.4, -0.2) is 38.8 Å². The molecule has 0 radical (unpaired) electrons. The zero-order valence-corrected chi connectivity index (χ0v) is 18.1. The number of nitrogens with zero attached hydrogens (tertiary/aromatic N) is 4. The molecule has 4 aromatic rings. The molecule has 0 unspecified atom stereocenters. The molecule has 32 heavy (non-hydrogen) atoms. The van der Waals surface area contributed by atoms with Crippen LogP contribution in [0.15, 0.2) is 47.3 Å². The first kappa shape index (κ1) is 20.6. The number of anilines is 1. The molecule has 0 fully saturated rings. The van der Waals surface area contributed by atoms with Crippen LogP contribution in [0.4, 0.5) is 19.0 Å². The number of rotatable bonds is 2. The summed E-state index contributed by atoms with van der Waals surface area (Å²) >= 11 is 3.43. The van der Waals surface area contributed by atoms with Crippen LogP contribution in [0, 0.1) is 0 Å². The van der Waals surface area contributed by atoms with E-state index >= 15 is 0 Å². The smallest absolute Gasteiger partial charge is 0.416 e. The van der Waals surface area contributed by atoms with Gasteiger partial charge in [-0.05, 0) is 40.2 Å². The van der Waals surface area contributed by atoms with Crippen molar-refractivity contribution in [2.24, 2.45) is 0 Å². The molecule has 7 nitrogen and oxygen atoms in total. The minimum atomic E-state index is -4.47. The Labute approximate surface area is 187 Å². The van der Waals surface area contributed by atoms with E-state index in [4.69, 9.17) is 10.5 Å². The van der Waals surface area contributed by atoms with Gasteiger partial charge in [0.25, 0.3) is 5.91 Å². The fourth-order valence-electron chi connectivity index (χ4n) is 3.88. The van der Waals surface area contributed by atoms with Crippen LogP contribution >= 0.6 is 15.9 Å². The van der Waals surface area contributed by atoms with Crippen LogP contribution < -0.4 is 10.5 Å². The second-order valence-electron chi connectivity index (χ2n) is 7.46. The van der Waals surface area contributed by atoms with Crippen LogP contribution in [0.2, 0.25) is 0 Å². The number of carbonyl (C=O) groups excluding carboxylic acids is 1. The molecule has 0 aliphatic carbocycles. The highest BCUT2D eigenvalue weighted by molar-refractivity contribution is 9.10. The quantitative estimate of drug-likeness (QED) is 0.434.